The first-order valence-corrected chi connectivity index (χ1v) is 11.2. The van der Waals surface area contributed by atoms with E-state index in [-0.39, 0.29) is 11.5 Å². The van der Waals surface area contributed by atoms with Crippen LogP contribution in [0.2, 0.25) is 0 Å². The average Bonchev–Trinajstić information content (AvgIpc) is 3.37. The molecule has 0 radical (unpaired) electrons. The van der Waals surface area contributed by atoms with Crippen LogP contribution in [0.15, 0.2) is 30.7 Å². The molecule has 182 valence electrons. The van der Waals surface area contributed by atoms with Crippen LogP contribution in [-0.4, -0.2) is 56.8 Å². The van der Waals surface area contributed by atoms with Crippen molar-refractivity contribution in [2.24, 2.45) is 5.41 Å². The fraction of sp³-hybridized carbons (Fsp3) is 0.545. The number of hydrogen-bond acceptors (Lipinski definition) is 6. The lowest BCUT2D eigenvalue weighted by atomic mass is 9.75. The third kappa shape index (κ3) is 4.25. The Morgan fingerprint density at radius 3 is 2.65 bits per heavy atom. The molecule has 0 bridgehead atoms. The number of pyridine rings is 1. The highest BCUT2D eigenvalue weighted by Crippen LogP contribution is 2.45. The molecule has 2 aliphatic rings. The molecule has 0 aliphatic carbocycles. The van der Waals surface area contributed by atoms with Crippen molar-refractivity contribution >= 4 is 22.8 Å². The van der Waals surface area contributed by atoms with E-state index in [2.05, 4.69) is 31.9 Å². The van der Waals surface area contributed by atoms with E-state index in [1.54, 1.807) is 6.20 Å². The highest BCUT2D eigenvalue weighted by Gasteiger charge is 2.44. The van der Waals surface area contributed by atoms with Crippen molar-refractivity contribution in [1.29, 1.82) is 0 Å². The molecular weight excluding hydrogens is 457 g/mol. The molecule has 3 aromatic rings. The van der Waals surface area contributed by atoms with Gasteiger partial charge in [0.15, 0.2) is 5.65 Å². The second-order valence-electron chi connectivity index (χ2n) is 9.22. The zero-order chi connectivity index (χ0) is 24.1. The minimum absolute atomic E-state index is 0.0270. The van der Waals surface area contributed by atoms with Gasteiger partial charge < -0.3 is 9.80 Å². The van der Waals surface area contributed by atoms with Crippen LogP contribution in [0.4, 0.5) is 33.6 Å². The van der Waals surface area contributed by atoms with Crippen LogP contribution in [-0.2, 0) is 12.7 Å². The second kappa shape index (κ2) is 8.31. The molecule has 0 N–H and O–H groups in total. The van der Waals surface area contributed by atoms with E-state index in [0.29, 0.717) is 42.4 Å². The highest BCUT2D eigenvalue weighted by molar-refractivity contribution is 5.71. The lowest BCUT2D eigenvalue weighted by Crippen LogP contribution is -2.47. The molecule has 12 heteroatoms. The van der Waals surface area contributed by atoms with Crippen LogP contribution in [0.3, 0.4) is 0 Å². The number of anilines is 2. The number of piperidine rings is 1. The maximum Gasteiger partial charge on any atom is 0.416 e. The van der Waals surface area contributed by atoms with Gasteiger partial charge >= 0.3 is 6.18 Å². The van der Waals surface area contributed by atoms with Crippen LogP contribution < -0.4 is 9.80 Å². The second-order valence-corrected chi connectivity index (χ2v) is 9.22. The van der Waals surface area contributed by atoms with Gasteiger partial charge in [-0.2, -0.15) is 18.3 Å². The molecule has 7 nitrogen and oxygen atoms in total. The van der Waals surface area contributed by atoms with Crippen LogP contribution in [0.25, 0.3) is 11.2 Å². The minimum Gasteiger partial charge on any atom is -0.356 e. The average molecular weight is 481 g/mol. The summed E-state index contributed by atoms with van der Waals surface area (Å²) in [4.78, 5) is 17.2. The Morgan fingerprint density at radius 1 is 1.12 bits per heavy atom. The van der Waals surface area contributed by atoms with Gasteiger partial charge in [0.25, 0.3) is 6.43 Å². The van der Waals surface area contributed by atoms with Crippen molar-refractivity contribution < 1.29 is 22.0 Å². The van der Waals surface area contributed by atoms with Gasteiger partial charge in [0.1, 0.15) is 23.7 Å². The molecular formula is C22H24F5N7. The van der Waals surface area contributed by atoms with E-state index in [1.807, 2.05) is 4.90 Å². The molecule has 0 saturated carbocycles. The molecule has 2 unspecified atom stereocenters. The molecule has 3 aromatic heterocycles. The zero-order valence-corrected chi connectivity index (χ0v) is 18.5. The van der Waals surface area contributed by atoms with Crippen LogP contribution in [0.1, 0.15) is 31.7 Å². The number of nitrogens with zero attached hydrogens (tertiary/aromatic N) is 7. The van der Waals surface area contributed by atoms with Crippen molar-refractivity contribution in [2.45, 2.75) is 51.4 Å². The zero-order valence-electron chi connectivity index (χ0n) is 18.5. The third-order valence-electron chi connectivity index (χ3n) is 6.92. The van der Waals surface area contributed by atoms with Gasteiger partial charge in [-0.1, -0.05) is 0 Å². The summed E-state index contributed by atoms with van der Waals surface area (Å²) in [5, 5.41) is 3.97. The summed E-state index contributed by atoms with van der Waals surface area (Å²) >= 11 is 0. The summed E-state index contributed by atoms with van der Waals surface area (Å²) in [6.07, 6.45) is -0.129. The molecule has 5 rings (SSSR count). The molecule has 0 amide bonds. The first-order chi connectivity index (χ1) is 16.1. The van der Waals surface area contributed by atoms with Crippen molar-refractivity contribution in [2.75, 3.05) is 29.4 Å². The van der Waals surface area contributed by atoms with Crippen molar-refractivity contribution in [3.63, 3.8) is 0 Å². The first-order valence-electron chi connectivity index (χ1n) is 11.2. The van der Waals surface area contributed by atoms with E-state index < -0.39 is 24.7 Å². The highest BCUT2D eigenvalue weighted by atomic mass is 19.4. The minimum atomic E-state index is -4.40. The van der Waals surface area contributed by atoms with Gasteiger partial charge in [0.2, 0.25) is 0 Å². The predicted molar refractivity (Wildman–Crippen MR) is 116 cm³/mol. The van der Waals surface area contributed by atoms with Gasteiger partial charge in [-0.05, 0) is 43.7 Å². The monoisotopic (exact) mass is 481 g/mol. The maximum atomic E-state index is 13.1. The molecule has 2 aliphatic heterocycles. The fourth-order valence-corrected chi connectivity index (χ4v) is 5.27. The Balaban J connectivity index is 1.31. The first kappa shape index (κ1) is 22.7. The van der Waals surface area contributed by atoms with Gasteiger partial charge in [-0.25, -0.2) is 28.4 Å². The lowest BCUT2D eigenvalue weighted by Gasteiger charge is -2.44. The predicted octanol–water partition coefficient (Wildman–Crippen LogP) is 4.39. The van der Waals surface area contributed by atoms with Crippen LogP contribution >= 0.6 is 0 Å². The molecule has 5 heterocycles. The standard InChI is InChI=1S/C22H24F5N7/c1-14-9-21(3-6-32(13-21)18-8-15(2-5-28-18)22(25,26)27)4-7-33(14)19-11-29-16-10-30-34(12-17(23)24)20(16)31-19/h2,5,8,10-11,14,17H,3-4,6-7,9,12-13H2,1H3. The normalized spacial score (nSPS) is 23.6. The van der Waals surface area contributed by atoms with E-state index in [9.17, 15) is 22.0 Å². The molecule has 1 spiro atoms. The van der Waals surface area contributed by atoms with Crippen LogP contribution in [0, 0.1) is 5.41 Å². The van der Waals surface area contributed by atoms with E-state index in [1.165, 1.54) is 17.1 Å². The number of aromatic nitrogens is 5. The SMILES string of the molecule is CC1CC2(CCN(c3cc(C(F)(F)F)ccn3)C2)CCN1c1cnc2cnn(CC(F)F)c2n1. The number of alkyl halides is 5. The Hall–Kier alpha value is -3.05. The number of hydrogen-bond donors (Lipinski definition) is 0. The number of fused-ring (bicyclic) bond motifs is 1. The Kier molecular flexibility index (Phi) is 5.56. The van der Waals surface area contributed by atoms with Gasteiger partial charge in [0.05, 0.1) is 18.0 Å². The summed E-state index contributed by atoms with van der Waals surface area (Å²) in [5.41, 5.74) is 0.0704. The van der Waals surface area contributed by atoms with Crippen LogP contribution in [0.5, 0.6) is 0 Å². The van der Waals surface area contributed by atoms with Crippen molar-refractivity contribution in [3.05, 3.63) is 36.3 Å². The summed E-state index contributed by atoms with van der Waals surface area (Å²) in [6, 6.07) is 2.20. The Labute approximate surface area is 192 Å². The summed E-state index contributed by atoms with van der Waals surface area (Å²) in [5.74, 6) is 0.964. The molecule has 34 heavy (non-hydrogen) atoms. The van der Waals surface area contributed by atoms with Crippen molar-refractivity contribution in [1.82, 2.24) is 24.7 Å². The van der Waals surface area contributed by atoms with E-state index in [0.717, 1.165) is 31.4 Å². The quantitative estimate of drug-likeness (QED) is 0.515. The lowest BCUT2D eigenvalue weighted by molar-refractivity contribution is -0.137. The summed E-state index contributed by atoms with van der Waals surface area (Å²) in [6.45, 7) is 3.52. The smallest absolute Gasteiger partial charge is 0.356 e. The number of halogens is 5. The van der Waals surface area contributed by atoms with Gasteiger partial charge in [-0.3, -0.25) is 0 Å². The summed E-state index contributed by atoms with van der Waals surface area (Å²) in [7, 11) is 0. The van der Waals surface area contributed by atoms with E-state index >= 15 is 0 Å². The fourth-order valence-electron chi connectivity index (χ4n) is 5.27. The third-order valence-corrected chi connectivity index (χ3v) is 6.92. The summed E-state index contributed by atoms with van der Waals surface area (Å²) < 4.78 is 66.2. The molecule has 2 saturated heterocycles. The van der Waals surface area contributed by atoms with Gasteiger partial charge in [0, 0.05) is 31.9 Å². The maximum absolute atomic E-state index is 13.1. The van der Waals surface area contributed by atoms with E-state index in [4.69, 9.17) is 0 Å². The largest absolute Gasteiger partial charge is 0.416 e. The Bertz CT molecular complexity index is 1180. The molecule has 2 atom stereocenters. The number of rotatable bonds is 4. The topological polar surface area (TPSA) is 63.0 Å². The molecule has 0 aromatic carbocycles. The Morgan fingerprint density at radius 2 is 1.91 bits per heavy atom. The van der Waals surface area contributed by atoms with Crippen molar-refractivity contribution in [3.8, 4) is 0 Å². The van der Waals surface area contributed by atoms with Gasteiger partial charge in [-0.15, -0.1) is 0 Å². The molecule has 2 fully saturated rings.